The number of aliphatic hydroxyl groups is 1. The van der Waals surface area contributed by atoms with Crippen molar-refractivity contribution >= 4 is 19.3 Å². The van der Waals surface area contributed by atoms with Gasteiger partial charge in [-0.2, -0.15) is 0 Å². The fraction of sp³-hybridized carbons (Fsp3) is 0.300. The quantitative estimate of drug-likeness (QED) is 0.169. The van der Waals surface area contributed by atoms with E-state index < -0.39 is 36.1 Å². The number of allylic oxidation sites excluding steroid dienone is 2. The summed E-state index contributed by atoms with van der Waals surface area (Å²) in [6.07, 6.45) is -0.628. The molecule has 7 N–H and O–H groups in total. The summed E-state index contributed by atoms with van der Waals surface area (Å²) >= 11 is 0. The molecule has 9 nitrogen and oxygen atoms in total. The Morgan fingerprint density at radius 3 is 2.36 bits per heavy atom. The highest BCUT2D eigenvalue weighted by molar-refractivity contribution is 6.33. The van der Waals surface area contributed by atoms with Crippen LogP contribution in [0.1, 0.15) is 17.3 Å². The van der Waals surface area contributed by atoms with Gasteiger partial charge in [-0.15, -0.1) is 13.2 Å². The van der Waals surface area contributed by atoms with Crippen LogP contribution in [0.25, 0.3) is 0 Å². The molecule has 0 saturated heterocycles. The Morgan fingerprint density at radius 1 is 1.24 bits per heavy atom. The average Bonchev–Trinajstić information content (AvgIpc) is 2.74. The van der Waals surface area contributed by atoms with Crippen molar-refractivity contribution < 1.29 is 42.4 Å². The molecule has 1 unspecified atom stereocenters. The van der Waals surface area contributed by atoms with Gasteiger partial charge in [0, 0.05) is 12.1 Å². The minimum Gasteiger partial charge on any atom is -0.490 e. The summed E-state index contributed by atoms with van der Waals surface area (Å²) < 4.78 is 46.2. The van der Waals surface area contributed by atoms with Crippen molar-refractivity contribution in [3.8, 4) is 5.75 Å². The van der Waals surface area contributed by atoms with Gasteiger partial charge in [-0.1, -0.05) is 18.1 Å². The predicted molar refractivity (Wildman–Crippen MR) is 114 cm³/mol. The number of aliphatic hydroxyl groups excluding tert-OH is 1. The molecule has 0 bridgehead atoms. The lowest BCUT2D eigenvalue weighted by molar-refractivity contribution is -0.274. The zero-order valence-corrected chi connectivity index (χ0v) is 17.6. The molecule has 1 rings (SSSR count). The van der Waals surface area contributed by atoms with Crippen molar-refractivity contribution in [2.75, 3.05) is 19.8 Å². The van der Waals surface area contributed by atoms with E-state index in [2.05, 4.69) is 10.1 Å². The van der Waals surface area contributed by atoms with Crippen LogP contribution in [-0.2, 0) is 9.53 Å². The molecule has 0 spiro atoms. The topological polar surface area (TPSA) is 157 Å². The van der Waals surface area contributed by atoms with Gasteiger partial charge in [0.15, 0.2) is 5.54 Å². The Balaban J connectivity index is 3.03. The minimum absolute atomic E-state index is 0.0537. The van der Waals surface area contributed by atoms with E-state index in [9.17, 15) is 22.8 Å². The summed E-state index contributed by atoms with van der Waals surface area (Å²) in [6, 6.07) is 4.04. The summed E-state index contributed by atoms with van der Waals surface area (Å²) in [5.74, 6) is -0.897. The van der Waals surface area contributed by atoms with Gasteiger partial charge >= 0.3 is 13.8 Å². The lowest BCUT2D eigenvalue weighted by Gasteiger charge is -2.28. The highest BCUT2D eigenvalue weighted by atomic mass is 19.4. The summed E-state index contributed by atoms with van der Waals surface area (Å²) in [6.45, 7) is 0.533. The number of benzene rings is 1. The number of nitrogens with one attached hydrogen (secondary N) is 1. The van der Waals surface area contributed by atoms with Crippen LogP contribution in [0.15, 0.2) is 59.8 Å². The number of ether oxygens (including phenoxy) is 2. The second-order valence-electron chi connectivity index (χ2n) is 6.70. The number of carbonyl (C=O) groups is 2. The van der Waals surface area contributed by atoms with Crippen LogP contribution >= 0.6 is 0 Å². The zero-order valence-electron chi connectivity index (χ0n) is 17.6. The van der Waals surface area contributed by atoms with Gasteiger partial charge in [0.05, 0.1) is 6.61 Å². The van der Waals surface area contributed by atoms with Crippen molar-refractivity contribution in [2.45, 2.75) is 18.8 Å². The van der Waals surface area contributed by atoms with Crippen LogP contribution in [0, 0.1) is 0 Å². The van der Waals surface area contributed by atoms with Crippen LogP contribution < -0.4 is 21.5 Å². The first-order valence-corrected chi connectivity index (χ1v) is 9.41. The van der Waals surface area contributed by atoms with E-state index in [-0.39, 0.29) is 24.5 Å². The summed E-state index contributed by atoms with van der Waals surface area (Å²) in [5.41, 5.74) is 9.61. The molecule has 1 atom stereocenters. The molecule has 0 aliphatic heterocycles. The third-order valence-electron chi connectivity index (χ3n) is 4.10. The molecule has 179 valence electrons. The summed E-state index contributed by atoms with van der Waals surface area (Å²) in [7, 11) is 0.733. The standard InChI is InChI=1S/C20H24BF3N3O6/c1-19(18(26)30,12-32-16(4-2-3-9-28)14(11-25)10-21-31)27-17(29)13-5-7-15(8-6-13)33-20(22,23)24/h2-8,10,28,31H,9,11-12,25H2,1H3,(H2,26,30)(H,27,29)/b3-2+,14-10+,16-4+. The van der Waals surface area contributed by atoms with Crippen molar-refractivity contribution in [3.05, 3.63) is 65.4 Å². The first kappa shape index (κ1) is 27.7. The van der Waals surface area contributed by atoms with Gasteiger partial charge in [-0.25, -0.2) is 0 Å². The van der Waals surface area contributed by atoms with Crippen LogP contribution in [0.2, 0.25) is 0 Å². The molecular formula is C20H24BF3N3O6. The lowest BCUT2D eigenvalue weighted by Crippen LogP contribution is -2.58. The Bertz CT molecular complexity index is 903. The van der Waals surface area contributed by atoms with Gasteiger partial charge in [0.25, 0.3) is 5.91 Å². The number of hydrogen-bond acceptors (Lipinski definition) is 7. The number of primary amides is 1. The lowest BCUT2D eigenvalue weighted by atomic mass is 9.96. The maximum Gasteiger partial charge on any atom is 0.573 e. The zero-order chi connectivity index (χ0) is 25.1. The number of halogens is 3. The number of nitrogens with two attached hydrogens (primary N) is 2. The van der Waals surface area contributed by atoms with Gasteiger partial charge in [-0.05, 0) is 42.8 Å². The summed E-state index contributed by atoms with van der Waals surface area (Å²) in [5, 5.41) is 20.3. The second-order valence-corrected chi connectivity index (χ2v) is 6.70. The number of alkyl halides is 3. The van der Waals surface area contributed by atoms with E-state index in [0.717, 1.165) is 31.7 Å². The monoisotopic (exact) mass is 470 g/mol. The smallest absolute Gasteiger partial charge is 0.490 e. The maximum atomic E-state index is 12.5. The Labute approximate surface area is 188 Å². The first-order valence-electron chi connectivity index (χ1n) is 9.41. The number of rotatable bonds is 12. The minimum atomic E-state index is -4.88. The van der Waals surface area contributed by atoms with Gasteiger partial charge in [-0.3, -0.25) is 9.59 Å². The van der Waals surface area contributed by atoms with E-state index >= 15 is 0 Å². The Kier molecular flexibility index (Phi) is 10.7. The third-order valence-corrected chi connectivity index (χ3v) is 4.10. The number of hydrogen-bond donors (Lipinski definition) is 5. The number of amides is 2. The molecule has 33 heavy (non-hydrogen) atoms. The van der Waals surface area contributed by atoms with E-state index in [1.54, 1.807) is 0 Å². The van der Waals surface area contributed by atoms with Crippen molar-refractivity contribution in [3.63, 3.8) is 0 Å². The van der Waals surface area contributed by atoms with Gasteiger partial charge in [0.1, 0.15) is 18.1 Å². The Hall–Kier alpha value is -3.29. The van der Waals surface area contributed by atoms with Gasteiger partial charge < -0.3 is 36.4 Å². The number of carbonyl (C=O) groups excluding carboxylic acids is 2. The van der Waals surface area contributed by atoms with Crippen LogP contribution in [-0.4, -0.2) is 61.1 Å². The fourth-order valence-electron chi connectivity index (χ4n) is 2.33. The van der Waals surface area contributed by atoms with E-state index in [4.69, 9.17) is 26.3 Å². The molecule has 0 saturated carbocycles. The van der Waals surface area contributed by atoms with E-state index in [0.29, 0.717) is 5.57 Å². The van der Waals surface area contributed by atoms with Crippen molar-refractivity contribution in [1.29, 1.82) is 0 Å². The average molecular weight is 470 g/mol. The van der Waals surface area contributed by atoms with Crippen LogP contribution in [0.4, 0.5) is 13.2 Å². The van der Waals surface area contributed by atoms with Crippen LogP contribution in [0.5, 0.6) is 5.75 Å². The van der Waals surface area contributed by atoms with Crippen molar-refractivity contribution in [1.82, 2.24) is 5.32 Å². The van der Waals surface area contributed by atoms with Crippen LogP contribution in [0.3, 0.4) is 0 Å². The van der Waals surface area contributed by atoms with E-state index in [1.807, 2.05) is 0 Å². The molecular weight excluding hydrogens is 446 g/mol. The molecule has 0 aromatic heterocycles. The molecule has 0 aliphatic carbocycles. The van der Waals surface area contributed by atoms with E-state index in [1.165, 1.54) is 31.1 Å². The predicted octanol–water partition coefficient (Wildman–Crippen LogP) is 0.462. The molecule has 1 radical (unpaired) electrons. The van der Waals surface area contributed by atoms with Gasteiger partial charge in [0.2, 0.25) is 5.91 Å². The summed E-state index contributed by atoms with van der Waals surface area (Å²) in [4.78, 5) is 24.6. The molecule has 0 heterocycles. The SMILES string of the molecule is CC(COC(=C/C=C/CO)/C(=C/[B]O)CN)(NC(=O)c1ccc(OC(F)(F)F)cc1)C(N)=O. The normalized spacial score (nSPS) is 14.5. The highest BCUT2D eigenvalue weighted by Gasteiger charge is 2.35. The molecule has 2 amide bonds. The molecule has 1 aromatic rings. The first-order chi connectivity index (χ1) is 15.5. The highest BCUT2D eigenvalue weighted by Crippen LogP contribution is 2.23. The Morgan fingerprint density at radius 2 is 1.88 bits per heavy atom. The molecule has 13 heteroatoms. The second kappa shape index (κ2) is 12.7. The molecule has 0 fully saturated rings. The largest absolute Gasteiger partial charge is 0.573 e. The maximum absolute atomic E-state index is 12.5. The molecule has 0 aliphatic rings. The van der Waals surface area contributed by atoms with Crippen molar-refractivity contribution in [2.24, 2.45) is 11.5 Å². The fourth-order valence-corrected chi connectivity index (χ4v) is 2.33. The molecule has 1 aromatic carbocycles. The third kappa shape index (κ3) is 9.39.